The maximum atomic E-state index is 11.3. The molecule has 0 bridgehead atoms. The molecule has 1 aromatic heterocycles. The van der Waals surface area contributed by atoms with Crippen LogP contribution < -0.4 is 5.73 Å². The Kier molecular flexibility index (Phi) is 3.72. The number of carbonyl (C=O) groups excluding carboxylic acids is 1. The van der Waals surface area contributed by atoms with Crippen molar-refractivity contribution in [1.82, 2.24) is 9.88 Å². The molecular weight excluding hydrogens is 270 g/mol. The minimum absolute atomic E-state index is 0.182. The number of benzene rings is 1. The third-order valence-corrected chi connectivity index (χ3v) is 5.26. The summed E-state index contributed by atoms with van der Waals surface area (Å²) < 4.78 is 1.22. The zero-order chi connectivity index (χ0) is 14.1. The maximum absolute atomic E-state index is 11.3. The number of likely N-dealkylation sites (tertiary alicyclic amines) is 1. The molecule has 0 radical (unpaired) electrons. The van der Waals surface area contributed by atoms with Crippen LogP contribution in [0.5, 0.6) is 0 Å². The molecule has 106 valence electrons. The first-order valence-corrected chi connectivity index (χ1v) is 7.81. The van der Waals surface area contributed by atoms with Gasteiger partial charge in [-0.25, -0.2) is 4.98 Å². The zero-order valence-electron chi connectivity index (χ0n) is 11.6. The van der Waals surface area contributed by atoms with E-state index in [0.717, 1.165) is 29.9 Å². The van der Waals surface area contributed by atoms with Crippen LogP contribution in [0.25, 0.3) is 10.2 Å². The fourth-order valence-corrected chi connectivity index (χ4v) is 4.23. The van der Waals surface area contributed by atoms with E-state index >= 15 is 0 Å². The molecular formula is C15H19N3OS. The number of fused-ring (bicyclic) bond motifs is 1. The number of carbonyl (C=O) groups is 1. The molecule has 2 aromatic rings. The number of thiazole rings is 1. The van der Waals surface area contributed by atoms with E-state index in [1.165, 1.54) is 4.70 Å². The molecule has 2 atom stereocenters. The summed E-state index contributed by atoms with van der Waals surface area (Å²) >= 11 is 1.75. The van der Waals surface area contributed by atoms with Gasteiger partial charge in [0.05, 0.1) is 15.2 Å². The Labute approximate surface area is 122 Å². The van der Waals surface area contributed by atoms with Crippen LogP contribution in [0.15, 0.2) is 24.3 Å². The van der Waals surface area contributed by atoms with Crippen molar-refractivity contribution in [1.29, 1.82) is 0 Å². The highest BCUT2D eigenvalue weighted by molar-refractivity contribution is 7.18. The number of primary amides is 1. The van der Waals surface area contributed by atoms with E-state index in [4.69, 9.17) is 10.7 Å². The number of piperidine rings is 1. The number of hydrogen-bond donors (Lipinski definition) is 1. The summed E-state index contributed by atoms with van der Waals surface area (Å²) in [6, 6.07) is 8.39. The Morgan fingerprint density at radius 2 is 2.30 bits per heavy atom. The Morgan fingerprint density at radius 1 is 1.50 bits per heavy atom. The molecule has 1 aromatic carbocycles. The first kappa shape index (κ1) is 13.5. The summed E-state index contributed by atoms with van der Waals surface area (Å²) in [6.45, 7) is 1.03. The number of rotatable bonds is 3. The predicted octanol–water partition coefficient (Wildman–Crippen LogP) is 2.35. The van der Waals surface area contributed by atoms with Gasteiger partial charge in [0.25, 0.3) is 0 Å². The normalized spacial score (nSPS) is 24.1. The molecule has 4 nitrogen and oxygen atoms in total. The Hall–Kier alpha value is -1.46. The van der Waals surface area contributed by atoms with E-state index in [0.29, 0.717) is 12.3 Å². The minimum atomic E-state index is -0.227. The molecule has 2 unspecified atom stereocenters. The fourth-order valence-electron chi connectivity index (χ4n) is 3.07. The summed E-state index contributed by atoms with van der Waals surface area (Å²) in [5.41, 5.74) is 6.47. The molecule has 1 amide bonds. The molecule has 20 heavy (non-hydrogen) atoms. The lowest BCUT2D eigenvalue weighted by atomic mass is 9.88. The predicted molar refractivity (Wildman–Crippen MR) is 81.8 cm³/mol. The average Bonchev–Trinajstić information content (AvgIpc) is 2.84. The van der Waals surface area contributed by atoms with Crippen LogP contribution in [0.2, 0.25) is 0 Å². The Bertz CT molecular complexity index is 591. The summed E-state index contributed by atoms with van der Waals surface area (Å²) in [6.07, 6.45) is 2.64. The van der Waals surface area contributed by atoms with E-state index in [1.54, 1.807) is 11.3 Å². The molecule has 1 saturated heterocycles. The number of hydrogen-bond acceptors (Lipinski definition) is 4. The van der Waals surface area contributed by atoms with Gasteiger partial charge in [-0.05, 0) is 38.6 Å². The second kappa shape index (κ2) is 5.50. The van der Waals surface area contributed by atoms with Crippen LogP contribution in [0.4, 0.5) is 0 Å². The highest BCUT2D eigenvalue weighted by Gasteiger charge is 2.33. The molecule has 2 N–H and O–H groups in total. The fraction of sp³-hybridized carbons (Fsp3) is 0.467. The van der Waals surface area contributed by atoms with Crippen molar-refractivity contribution in [2.24, 2.45) is 5.73 Å². The monoisotopic (exact) mass is 289 g/mol. The molecule has 0 saturated carbocycles. The number of amides is 1. The van der Waals surface area contributed by atoms with Crippen molar-refractivity contribution in [3.8, 4) is 0 Å². The van der Waals surface area contributed by atoms with Gasteiger partial charge in [0.1, 0.15) is 0 Å². The van der Waals surface area contributed by atoms with Gasteiger partial charge in [-0.3, -0.25) is 4.79 Å². The third kappa shape index (κ3) is 2.55. The van der Waals surface area contributed by atoms with Crippen molar-refractivity contribution in [3.05, 3.63) is 29.3 Å². The van der Waals surface area contributed by atoms with Gasteiger partial charge >= 0.3 is 0 Å². The Balaban J connectivity index is 1.94. The van der Waals surface area contributed by atoms with Crippen LogP contribution in [-0.4, -0.2) is 35.4 Å². The first-order chi connectivity index (χ1) is 9.65. The van der Waals surface area contributed by atoms with Crippen LogP contribution in [0, 0.1) is 0 Å². The zero-order valence-corrected chi connectivity index (χ0v) is 12.4. The molecule has 0 aliphatic carbocycles. The summed E-state index contributed by atoms with van der Waals surface area (Å²) in [5.74, 6) is 0.0912. The highest BCUT2D eigenvalue weighted by atomic mass is 32.1. The van der Waals surface area contributed by atoms with Gasteiger partial charge in [-0.1, -0.05) is 12.1 Å². The van der Waals surface area contributed by atoms with Crippen molar-refractivity contribution < 1.29 is 4.79 Å². The topological polar surface area (TPSA) is 59.2 Å². The molecule has 0 spiro atoms. The van der Waals surface area contributed by atoms with Gasteiger partial charge < -0.3 is 10.6 Å². The molecule has 2 heterocycles. The lowest BCUT2D eigenvalue weighted by molar-refractivity contribution is -0.119. The number of aromatic nitrogens is 1. The van der Waals surface area contributed by atoms with Gasteiger partial charge in [-0.2, -0.15) is 0 Å². The largest absolute Gasteiger partial charge is 0.370 e. The van der Waals surface area contributed by atoms with E-state index in [9.17, 15) is 4.79 Å². The SMILES string of the molecule is CN1CCCC(c2nc3ccccc3s2)C1CC(N)=O. The quantitative estimate of drug-likeness (QED) is 0.943. The first-order valence-electron chi connectivity index (χ1n) is 6.99. The smallest absolute Gasteiger partial charge is 0.219 e. The van der Waals surface area contributed by atoms with Gasteiger partial charge in [0.15, 0.2) is 0 Å². The average molecular weight is 289 g/mol. The standard InChI is InChI=1S/C15H19N3OS/c1-18-8-4-5-10(12(18)9-14(16)19)15-17-11-6-2-3-7-13(11)20-15/h2-3,6-7,10,12H,4-5,8-9H2,1H3,(H2,16,19). The number of likely N-dealkylation sites (N-methyl/N-ethyl adjacent to an activating group) is 1. The second-order valence-corrected chi connectivity index (χ2v) is 6.55. The highest BCUT2D eigenvalue weighted by Crippen LogP contribution is 2.37. The van der Waals surface area contributed by atoms with Crippen LogP contribution in [0.3, 0.4) is 0 Å². The molecule has 3 rings (SSSR count). The number of para-hydroxylation sites is 1. The lowest BCUT2D eigenvalue weighted by Gasteiger charge is -2.37. The van der Waals surface area contributed by atoms with Crippen molar-refractivity contribution in [3.63, 3.8) is 0 Å². The second-order valence-electron chi connectivity index (χ2n) is 5.49. The van der Waals surface area contributed by atoms with Crippen molar-refractivity contribution in [2.75, 3.05) is 13.6 Å². The van der Waals surface area contributed by atoms with E-state index < -0.39 is 0 Å². The van der Waals surface area contributed by atoms with E-state index in [-0.39, 0.29) is 11.9 Å². The van der Waals surface area contributed by atoms with Crippen molar-refractivity contribution in [2.45, 2.75) is 31.2 Å². The van der Waals surface area contributed by atoms with Gasteiger partial charge in [0, 0.05) is 18.4 Å². The van der Waals surface area contributed by atoms with Crippen LogP contribution >= 0.6 is 11.3 Å². The lowest BCUT2D eigenvalue weighted by Crippen LogP contribution is -2.43. The van der Waals surface area contributed by atoms with Gasteiger partial charge in [0.2, 0.25) is 5.91 Å². The van der Waals surface area contributed by atoms with E-state index in [1.807, 2.05) is 18.2 Å². The molecule has 5 heteroatoms. The van der Waals surface area contributed by atoms with Crippen LogP contribution in [0.1, 0.15) is 30.2 Å². The van der Waals surface area contributed by atoms with Crippen LogP contribution in [-0.2, 0) is 4.79 Å². The Morgan fingerprint density at radius 3 is 3.05 bits per heavy atom. The minimum Gasteiger partial charge on any atom is -0.370 e. The molecule has 1 aliphatic rings. The summed E-state index contributed by atoms with van der Waals surface area (Å²) in [4.78, 5) is 18.4. The van der Waals surface area contributed by atoms with Gasteiger partial charge in [-0.15, -0.1) is 11.3 Å². The summed E-state index contributed by atoms with van der Waals surface area (Å²) in [7, 11) is 2.08. The van der Waals surface area contributed by atoms with Crippen molar-refractivity contribution >= 4 is 27.5 Å². The molecule has 1 fully saturated rings. The maximum Gasteiger partial charge on any atom is 0.219 e. The van der Waals surface area contributed by atoms with E-state index in [2.05, 4.69) is 18.0 Å². The number of nitrogens with two attached hydrogens (primary N) is 1. The number of nitrogens with zero attached hydrogens (tertiary/aromatic N) is 2. The third-order valence-electron chi connectivity index (χ3n) is 4.09. The summed E-state index contributed by atoms with van der Waals surface area (Å²) in [5, 5.41) is 1.14. The molecule has 1 aliphatic heterocycles.